The summed E-state index contributed by atoms with van der Waals surface area (Å²) in [4.78, 5) is 0.154. The molecule has 0 aromatic heterocycles. The van der Waals surface area contributed by atoms with Crippen LogP contribution in [0.4, 0.5) is 4.39 Å². The molecule has 0 atom stereocenters. The Bertz CT molecular complexity index is 687. The molecular weight excluding hydrogens is 301 g/mol. The third-order valence-electron chi connectivity index (χ3n) is 2.72. The lowest BCUT2D eigenvalue weighted by molar-refractivity contribution is 0.581. The van der Waals surface area contributed by atoms with Crippen LogP contribution in [0.5, 0.6) is 0 Å². The topological polar surface area (TPSA) is 46.2 Å². The lowest BCUT2D eigenvalue weighted by Crippen LogP contribution is -2.25. The van der Waals surface area contributed by atoms with Gasteiger partial charge in [-0.1, -0.05) is 23.7 Å². The molecule has 1 N–H and O–H groups in total. The largest absolute Gasteiger partial charge is 0.240 e. The van der Waals surface area contributed by atoms with Crippen molar-refractivity contribution in [1.29, 1.82) is 0 Å². The van der Waals surface area contributed by atoms with Gasteiger partial charge in [-0.05, 0) is 48.4 Å². The molecule has 0 aliphatic carbocycles. The van der Waals surface area contributed by atoms with Gasteiger partial charge in [-0.15, -0.1) is 0 Å². The molecule has 0 amide bonds. The molecule has 0 heterocycles. The molecule has 0 unspecified atom stereocenters. The van der Waals surface area contributed by atoms with Gasteiger partial charge in [0.2, 0.25) is 10.0 Å². The van der Waals surface area contributed by atoms with Crippen molar-refractivity contribution < 1.29 is 12.8 Å². The maximum absolute atomic E-state index is 13.0. The fourth-order valence-electron chi connectivity index (χ4n) is 1.72. The zero-order valence-electron chi connectivity index (χ0n) is 10.5. The Morgan fingerprint density at radius 3 is 2.45 bits per heavy atom. The first kappa shape index (κ1) is 15.0. The molecule has 0 bridgehead atoms. The second kappa shape index (κ2) is 6.35. The van der Waals surface area contributed by atoms with E-state index in [1.165, 1.54) is 36.4 Å². The highest BCUT2D eigenvalue weighted by molar-refractivity contribution is 7.89. The predicted octanol–water partition coefficient (Wildman–Crippen LogP) is 3.00. The summed E-state index contributed by atoms with van der Waals surface area (Å²) in [6.07, 6.45) is 0.421. The number of halogens is 2. The minimum absolute atomic E-state index is 0.154. The van der Waals surface area contributed by atoms with E-state index >= 15 is 0 Å². The lowest BCUT2D eigenvalue weighted by atomic mass is 10.1. The maximum atomic E-state index is 13.0. The highest BCUT2D eigenvalue weighted by Gasteiger charge is 2.12. The summed E-state index contributed by atoms with van der Waals surface area (Å²) in [5.41, 5.74) is 0.740. The zero-order chi connectivity index (χ0) is 14.6. The van der Waals surface area contributed by atoms with Crippen molar-refractivity contribution in [3.05, 3.63) is 64.9 Å². The summed E-state index contributed by atoms with van der Waals surface area (Å²) in [5, 5.41) is 0.476. The van der Waals surface area contributed by atoms with E-state index in [-0.39, 0.29) is 17.3 Å². The molecule has 0 aliphatic heterocycles. The van der Waals surface area contributed by atoms with Crippen LogP contribution in [-0.4, -0.2) is 15.0 Å². The highest BCUT2D eigenvalue weighted by atomic mass is 35.5. The second-order valence-electron chi connectivity index (χ2n) is 4.23. The van der Waals surface area contributed by atoms with Crippen molar-refractivity contribution in [1.82, 2.24) is 4.72 Å². The van der Waals surface area contributed by atoms with Crippen LogP contribution in [0.1, 0.15) is 5.56 Å². The maximum Gasteiger partial charge on any atom is 0.240 e. The molecule has 0 saturated heterocycles. The van der Waals surface area contributed by atoms with Gasteiger partial charge in [0.15, 0.2) is 0 Å². The SMILES string of the molecule is O=S(=O)(NCCc1cccc(F)c1)c1ccc(Cl)cc1. The summed E-state index contributed by atoms with van der Waals surface area (Å²) in [5.74, 6) is -0.331. The van der Waals surface area contributed by atoms with Gasteiger partial charge in [-0.3, -0.25) is 0 Å². The highest BCUT2D eigenvalue weighted by Crippen LogP contribution is 2.13. The van der Waals surface area contributed by atoms with E-state index in [0.717, 1.165) is 5.56 Å². The van der Waals surface area contributed by atoms with Crippen molar-refractivity contribution in [3.8, 4) is 0 Å². The normalized spacial score (nSPS) is 11.5. The second-order valence-corrected chi connectivity index (χ2v) is 6.44. The third kappa shape index (κ3) is 4.03. The molecule has 2 aromatic rings. The van der Waals surface area contributed by atoms with Gasteiger partial charge in [-0.25, -0.2) is 17.5 Å². The van der Waals surface area contributed by atoms with Crippen molar-refractivity contribution in [2.45, 2.75) is 11.3 Å². The number of benzene rings is 2. The van der Waals surface area contributed by atoms with E-state index in [2.05, 4.69) is 4.72 Å². The predicted molar refractivity (Wildman–Crippen MR) is 76.7 cm³/mol. The summed E-state index contributed by atoms with van der Waals surface area (Å²) in [6, 6.07) is 12.0. The Morgan fingerprint density at radius 2 is 1.80 bits per heavy atom. The van der Waals surface area contributed by atoms with Crippen LogP contribution >= 0.6 is 11.6 Å². The van der Waals surface area contributed by atoms with Gasteiger partial charge < -0.3 is 0 Å². The third-order valence-corrected chi connectivity index (χ3v) is 4.45. The van der Waals surface area contributed by atoms with Crippen LogP contribution < -0.4 is 4.72 Å². The molecule has 0 aliphatic rings. The minimum Gasteiger partial charge on any atom is -0.211 e. The van der Waals surface area contributed by atoms with Crippen LogP contribution in [0.3, 0.4) is 0 Å². The zero-order valence-corrected chi connectivity index (χ0v) is 12.1. The number of hydrogen-bond donors (Lipinski definition) is 1. The Hall–Kier alpha value is -1.43. The Labute approximate surface area is 122 Å². The monoisotopic (exact) mass is 313 g/mol. The van der Waals surface area contributed by atoms with E-state index in [0.29, 0.717) is 11.4 Å². The van der Waals surface area contributed by atoms with Crippen LogP contribution in [-0.2, 0) is 16.4 Å². The Kier molecular flexibility index (Phi) is 4.75. The summed E-state index contributed by atoms with van der Waals surface area (Å²) in [7, 11) is -3.56. The molecule has 6 heteroatoms. The van der Waals surface area contributed by atoms with Crippen LogP contribution in [0.2, 0.25) is 5.02 Å². The fourth-order valence-corrected chi connectivity index (χ4v) is 2.88. The molecular formula is C14H13ClFNO2S. The number of rotatable bonds is 5. The molecule has 20 heavy (non-hydrogen) atoms. The Balaban J connectivity index is 1.98. The first-order valence-corrected chi connectivity index (χ1v) is 7.83. The molecule has 106 valence electrons. The van der Waals surface area contributed by atoms with Crippen molar-refractivity contribution in [2.24, 2.45) is 0 Å². The van der Waals surface area contributed by atoms with Gasteiger partial charge in [0.05, 0.1) is 4.90 Å². The fraction of sp³-hybridized carbons (Fsp3) is 0.143. The molecule has 0 saturated carbocycles. The van der Waals surface area contributed by atoms with E-state index < -0.39 is 10.0 Å². The van der Waals surface area contributed by atoms with Crippen LogP contribution in [0, 0.1) is 5.82 Å². The van der Waals surface area contributed by atoms with Gasteiger partial charge in [0.1, 0.15) is 5.82 Å². The summed E-state index contributed by atoms with van der Waals surface area (Å²) >= 11 is 5.71. The van der Waals surface area contributed by atoms with Gasteiger partial charge in [-0.2, -0.15) is 0 Å². The molecule has 2 aromatic carbocycles. The average Bonchev–Trinajstić information content (AvgIpc) is 2.39. The summed E-state index contributed by atoms with van der Waals surface area (Å²) in [6.45, 7) is 0.203. The molecule has 3 nitrogen and oxygen atoms in total. The van der Waals surface area contributed by atoms with Crippen molar-refractivity contribution in [3.63, 3.8) is 0 Å². The minimum atomic E-state index is -3.56. The van der Waals surface area contributed by atoms with Gasteiger partial charge >= 0.3 is 0 Å². The summed E-state index contributed by atoms with van der Waals surface area (Å²) < 4.78 is 39.4. The van der Waals surface area contributed by atoms with Gasteiger partial charge in [0.25, 0.3) is 0 Å². The van der Waals surface area contributed by atoms with E-state index in [4.69, 9.17) is 11.6 Å². The van der Waals surface area contributed by atoms with Crippen LogP contribution in [0.15, 0.2) is 53.4 Å². The van der Waals surface area contributed by atoms with Gasteiger partial charge in [0, 0.05) is 11.6 Å². The smallest absolute Gasteiger partial charge is 0.211 e. The first-order valence-electron chi connectivity index (χ1n) is 5.97. The first-order chi connectivity index (χ1) is 9.47. The van der Waals surface area contributed by atoms with Crippen LogP contribution in [0.25, 0.3) is 0 Å². The lowest BCUT2D eigenvalue weighted by Gasteiger charge is -2.07. The molecule has 0 radical (unpaired) electrons. The van der Waals surface area contributed by atoms with E-state index in [9.17, 15) is 12.8 Å². The number of hydrogen-bond acceptors (Lipinski definition) is 2. The van der Waals surface area contributed by atoms with E-state index in [1.807, 2.05) is 0 Å². The van der Waals surface area contributed by atoms with Crippen molar-refractivity contribution in [2.75, 3.05) is 6.54 Å². The number of sulfonamides is 1. The standard InChI is InChI=1S/C14H13ClFNO2S/c15-12-4-6-14(7-5-12)20(18,19)17-9-8-11-2-1-3-13(16)10-11/h1-7,10,17H,8-9H2. The quantitative estimate of drug-likeness (QED) is 0.922. The molecule has 0 spiro atoms. The number of nitrogens with one attached hydrogen (secondary N) is 1. The average molecular weight is 314 g/mol. The van der Waals surface area contributed by atoms with E-state index in [1.54, 1.807) is 12.1 Å². The van der Waals surface area contributed by atoms with Crippen molar-refractivity contribution >= 4 is 21.6 Å². The molecule has 0 fully saturated rings. The Morgan fingerprint density at radius 1 is 1.10 bits per heavy atom. The molecule has 2 rings (SSSR count).